The van der Waals surface area contributed by atoms with Gasteiger partial charge in [-0.25, -0.2) is 4.98 Å². The van der Waals surface area contributed by atoms with Crippen LogP contribution in [0.1, 0.15) is 25.7 Å². The van der Waals surface area contributed by atoms with Gasteiger partial charge in [-0.15, -0.1) is 0 Å². The first-order valence-corrected chi connectivity index (χ1v) is 5.68. The molecule has 3 N–H and O–H groups in total. The number of H-pyrrole nitrogens is 1. The van der Waals surface area contributed by atoms with E-state index in [1.165, 1.54) is 13.4 Å². The number of ether oxygens (including phenoxy) is 2. The van der Waals surface area contributed by atoms with Crippen molar-refractivity contribution >= 4 is 0 Å². The van der Waals surface area contributed by atoms with Crippen LogP contribution in [0.2, 0.25) is 0 Å². The van der Waals surface area contributed by atoms with E-state index in [1.54, 1.807) is 0 Å². The summed E-state index contributed by atoms with van der Waals surface area (Å²) in [6.07, 6.45) is 5.43. The molecule has 1 aliphatic rings. The van der Waals surface area contributed by atoms with Crippen LogP contribution in [0.3, 0.4) is 0 Å². The molecule has 1 aliphatic carbocycles. The van der Waals surface area contributed by atoms with Gasteiger partial charge in [0.2, 0.25) is 5.75 Å². The zero-order chi connectivity index (χ0) is 12.3. The SMILES string of the molecule is COc1c(OCC2(N)CCCC2)nc[nH]c1=O. The highest BCUT2D eigenvalue weighted by atomic mass is 16.5. The van der Waals surface area contributed by atoms with Crippen LogP contribution in [0.15, 0.2) is 11.1 Å². The lowest BCUT2D eigenvalue weighted by atomic mass is 10.0. The normalized spacial score (nSPS) is 18.0. The lowest BCUT2D eigenvalue weighted by Gasteiger charge is -2.23. The highest BCUT2D eigenvalue weighted by Crippen LogP contribution is 2.28. The van der Waals surface area contributed by atoms with Crippen molar-refractivity contribution < 1.29 is 9.47 Å². The quantitative estimate of drug-likeness (QED) is 0.795. The van der Waals surface area contributed by atoms with Crippen LogP contribution >= 0.6 is 0 Å². The van der Waals surface area contributed by atoms with Crippen molar-refractivity contribution in [3.05, 3.63) is 16.7 Å². The van der Waals surface area contributed by atoms with Crippen molar-refractivity contribution in [3.8, 4) is 11.6 Å². The third-order valence-corrected chi connectivity index (χ3v) is 3.08. The second kappa shape index (κ2) is 4.75. The number of hydrogen-bond acceptors (Lipinski definition) is 5. The van der Waals surface area contributed by atoms with E-state index in [9.17, 15) is 4.79 Å². The first-order chi connectivity index (χ1) is 8.14. The molecule has 1 saturated carbocycles. The average molecular weight is 239 g/mol. The molecule has 2 rings (SSSR count). The van der Waals surface area contributed by atoms with Gasteiger partial charge in [0.25, 0.3) is 11.4 Å². The molecule has 0 saturated heterocycles. The van der Waals surface area contributed by atoms with Crippen LogP contribution in [-0.4, -0.2) is 29.2 Å². The molecule has 0 radical (unpaired) electrons. The predicted octanol–water partition coefficient (Wildman–Crippen LogP) is 0.429. The average Bonchev–Trinajstić information content (AvgIpc) is 2.74. The van der Waals surface area contributed by atoms with Crippen molar-refractivity contribution in [2.75, 3.05) is 13.7 Å². The summed E-state index contributed by atoms with van der Waals surface area (Å²) in [5.41, 5.74) is 5.51. The van der Waals surface area contributed by atoms with Crippen LogP contribution in [0.25, 0.3) is 0 Å². The number of nitrogens with two attached hydrogens (primary N) is 1. The fourth-order valence-electron chi connectivity index (χ4n) is 2.09. The van der Waals surface area contributed by atoms with Gasteiger partial charge < -0.3 is 20.2 Å². The summed E-state index contributed by atoms with van der Waals surface area (Å²) >= 11 is 0. The Balaban J connectivity index is 2.08. The van der Waals surface area contributed by atoms with Crippen LogP contribution in [0, 0.1) is 0 Å². The molecule has 1 aromatic heterocycles. The molecular formula is C11H17N3O3. The molecule has 0 aromatic carbocycles. The summed E-state index contributed by atoms with van der Waals surface area (Å²) in [6, 6.07) is 0. The largest absolute Gasteiger partial charge is 0.487 e. The van der Waals surface area contributed by atoms with E-state index >= 15 is 0 Å². The Morgan fingerprint density at radius 2 is 2.24 bits per heavy atom. The second-order valence-corrected chi connectivity index (χ2v) is 4.43. The first-order valence-electron chi connectivity index (χ1n) is 5.68. The molecule has 0 bridgehead atoms. The summed E-state index contributed by atoms with van der Waals surface area (Å²) in [5.74, 6) is 0.294. The summed E-state index contributed by atoms with van der Waals surface area (Å²) in [7, 11) is 1.41. The Bertz CT molecular complexity index is 438. The molecule has 0 aliphatic heterocycles. The van der Waals surface area contributed by atoms with Crippen molar-refractivity contribution in [3.63, 3.8) is 0 Å². The number of aromatic nitrogens is 2. The van der Waals surface area contributed by atoms with E-state index in [0.717, 1.165) is 25.7 Å². The van der Waals surface area contributed by atoms with Gasteiger partial charge >= 0.3 is 0 Å². The maximum atomic E-state index is 11.4. The van der Waals surface area contributed by atoms with Crippen LogP contribution < -0.4 is 20.8 Å². The Hall–Kier alpha value is -1.56. The fourth-order valence-corrected chi connectivity index (χ4v) is 2.09. The smallest absolute Gasteiger partial charge is 0.297 e. The molecule has 6 heteroatoms. The Kier molecular flexibility index (Phi) is 3.33. The van der Waals surface area contributed by atoms with Crippen molar-refractivity contribution in [2.45, 2.75) is 31.2 Å². The van der Waals surface area contributed by atoms with Gasteiger partial charge in [0, 0.05) is 0 Å². The molecule has 1 aromatic rings. The molecule has 0 atom stereocenters. The van der Waals surface area contributed by atoms with Gasteiger partial charge in [-0.05, 0) is 12.8 Å². The molecule has 94 valence electrons. The zero-order valence-corrected chi connectivity index (χ0v) is 9.86. The molecule has 17 heavy (non-hydrogen) atoms. The molecule has 6 nitrogen and oxygen atoms in total. The van der Waals surface area contributed by atoms with E-state index < -0.39 is 0 Å². The lowest BCUT2D eigenvalue weighted by molar-refractivity contribution is 0.204. The third-order valence-electron chi connectivity index (χ3n) is 3.08. The lowest BCUT2D eigenvalue weighted by Crippen LogP contribution is -2.42. The molecule has 1 fully saturated rings. The summed E-state index contributed by atoms with van der Waals surface area (Å²) in [5, 5.41) is 0. The van der Waals surface area contributed by atoms with Gasteiger partial charge in [-0.2, -0.15) is 0 Å². The number of aromatic amines is 1. The van der Waals surface area contributed by atoms with Crippen molar-refractivity contribution in [2.24, 2.45) is 5.73 Å². The number of rotatable bonds is 4. The Morgan fingerprint density at radius 3 is 2.88 bits per heavy atom. The van der Waals surface area contributed by atoms with Gasteiger partial charge in [0.05, 0.1) is 19.0 Å². The highest BCUT2D eigenvalue weighted by molar-refractivity contribution is 5.29. The summed E-state index contributed by atoms with van der Waals surface area (Å²) in [4.78, 5) is 17.8. The Morgan fingerprint density at radius 1 is 1.53 bits per heavy atom. The van der Waals surface area contributed by atoms with Gasteiger partial charge in [-0.3, -0.25) is 4.79 Å². The van der Waals surface area contributed by atoms with Crippen LogP contribution in [0.5, 0.6) is 11.6 Å². The van der Waals surface area contributed by atoms with Gasteiger partial charge in [0.1, 0.15) is 6.61 Å². The molecular weight excluding hydrogens is 222 g/mol. The summed E-state index contributed by atoms with van der Waals surface area (Å²) < 4.78 is 10.5. The van der Waals surface area contributed by atoms with E-state index in [-0.39, 0.29) is 22.7 Å². The summed E-state index contributed by atoms with van der Waals surface area (Å²) in [6.45, 7) is 0.361. The van der Waals surface area contributed by atoms with Gasteiger partial charge in [-0.1, -0.05) is 12.8 Å². The standard InChI is InChI=1S/C11H17N3O3/c1-16-8-9(15)13-7-14-10(8)17-6-11(12)4-2-3-5-11/h7H,2-6,12H2,1H3,(H,13,14,15). The molecule has 0 unspecified atom stereocenters. The molecule has 0 amide bonds. The maximum absolute atomic E-state index is 11.4. The van der Waals surface area contributed by atoms with Crippen LogP contribution in [-0.2, 0) is 0 Å². The first kappa shape index (κ1) is 11.9. The monoisotopic (exact) mass is 239 g/mol. The Labute approximate surface area is 99.1 Å². The topological polar surface area (TPSA) is 90.2 Å². The number of methoxy groups -OCH3 is 1. The van der Waals surface area contributed by atoms with E-state index in [2.05, 4.69) is 9.97 Å². The third kappa shape index (κ3) is 2.58. The number of nitrogens with one attached hydrogen (secondary N) is 1. The fraction of sp³-hybridized carbons (Fsp3) is 0.636. The minimum atomic E-state index is -0.352. The predicted molar refractivity (Wildman–Crippen MR) is 62.3 cm³/mol. The highest BCUT2D eigenvalue weighted by Gasteiger charge is 2.30. The van der Waals surface area contributed by atoms with E-state index in [0.29, 0.717) is 6.61 Å². The second-order valence-electron chi connectivity index (χ2n) is 4.43. The minimum absolute atomic E-state index is 0.0918. The molecule has 1 heterocycles. The van der Waals surface area contributed by atoms with Crippen molar-refractivity contribution in [1.82, 2.24) is 9.97 Å². The van der Waals surface area contributed by atoms with Crippen molar-refractivity contribution in [1.29, 1.82) is 0 Å². The van der Waals surface area contributed by atoms with Gasteiger partial charge in [0.15, 0.2) is 0 Å². The maximum Gasteiger partial charge on any atom is 0.297 e. The molecule has 0 spiro atoms. The van der Waals surface area contributed by atoms with Crippen LogP contribution in [0.4, 0.5) is 0 Å². The number of nitrogens with zero attached hydrogens (tertiary/aromatic N) is 1. The van der Waals surface area contributed by atoms with E-state index in [1.807, 2.05) is 0 Å². The van der Waals surface area contributed by atoms with E-state index in [4.69, 9.17) is 15.2 Å². The number of hydrogen-bond donors (Lipinski definition) is 2. The zero-order valence-electron chi connectivity index (χ0n) is 9.86. The minimum Gasteiger partial charge on any atom is -0.487 e.